The third kappa shape index (κ3) is 11.7. The van der Waals surface area contributed by atoms with Crippen molar-refractivity contribution >= 4 is 23.1 Å². The number of benzene rings is 3. The molecule has 0 atom stereocenters. The number of aryl methyl sites for hydroxylation is 1. The molecule has 0 N–H and O–H groups in total. The summed E-state index contributed by atoms with van der Waals surface area (Å²) >= 11 is 0. The van der Waals surface area contributed by atoms with Crippen LogP contribution in [0.15, 0.2) is 84.9 Å². The van der Waals surface area contributed by atoms with Crippen molar-refractivity contribution in [1.29, 1.82) is 0 Å². The van der Waals surface area contributed by atoms with Crippen LogP contribution in [0.5, 0.6) is 0 Å². The van der Waals surface area contributed by atoms with E-state index < -0.39 is 0 Å². The lowest BCUT2D eigenvalue weighted by Crippen LogP contribution is -2.53. The first-order chi connectivity index (χ1) is 19.6. The lowest BCUT2D eigenvalue weighted by molar-refractivity contribution is -0.921. The second-order valence-corrected chi connectivity index (χ2v) is 11.5. The molecular weight excluding hydrogens is 481 g/mol. The number of hydrogen-bond acceptors (Lipinski definition) is 0. The van der Waals surface area contributed by atoms with Crippen molar-refractivity contribution in [3.63, 3.8) is 0 Å². The van der Waals surface area contributed by atoms with Crippen molar-refractivity contribution in [2.24, 2.45) is 0 Å². The molecule has 40 heavy (non-hydrogen) atoms. The standard InChI is InChI=1S/C30H39B.C8H20N/c1-2-3-4-5-6-7-8-9-10-13-20-27-21-18-19-26-30(27)31(28-22-14-11-15-23-28)29-24-16-12-17-25-29;1-5-9(6-2,7-3)8-4/h11-12,14-19,21-26H,2-10,13,20H2,1H3;5-8H2,1-4H3/q;+1. The van der Waals surface area contributed by atoms with Gasteiger partial charge in [-0.2, -0.15) is 0 Å². The second-order valence-electron chi connectivity index (χ2n) is 11.5. The first kappa shape index (κ1) is 33.9. The molecule has 0 bridgehead atoms. The van der Waals surface area contributed by atoms with Crippen LogP contribution in [0.3, 0.4) is 0 Å². The minimum absolute atomic E-state index is 0.307. The van der Waals surface area contributed by atoms with Crippen molar-refractivity contribution in [2.45, 2.75) is 105 Å². The van der Waals surface area contributed by atoms with Gasteiger partial charge in [0.15, 0.2) is 0 Å². The summed E-state index contributed by atoms with van der Waals surface area (Å²) in [5.41, 5.74) is 5.74. The third-order valence-electron chi connectivity index (χ3n) is 9.11. The Bertz CT molecular complexity index is 939. The van der Waals surface area contributed by atoms with Crippen LogP contribution < -0.4 is 16.4 Å². The molecule has 0 fully saturated rings. The zero-order valence-electron chi connectivity index (χ0n) is 26.7. The third-order valence-corrected chi connectivity index (χ3v) is 9.11. The number of quaternary nitrogens is 1. The molecular formula is C38H59BN+. The van der Waals surface area contributed by atoms with Crippen molar-refractivity contribution in [3.8, 4) is 0 Å². The van der Waals surface area contributed by atoms with Crippen molar-refractivity contribution in [2.75, 3.05) is 26.2 Å². The zero-order chi connectivity index (χ0) is 28.9. The fourth-order valence-corrected chi connectivity index (χ4v) is 6.03. The molecule has 0 unspecified atom stereocenters. The molecule has 3 aromatic rings. The fraction of sp³-hybridized carbons (Fsp3) is 0.526. The Labute approximate surface area is 249 Å². The lowest BCUT2D eigenvalue weighted by atomic mass is 9.36. The quantitative estimate of drug-likeness (QED) is 0.0861. The molecule has 0 aliphatic heterocycles. The van der Waals surface area contributed by atoms with Crippen LogP contribution in [0.1, 0.15) is 104 Å². The Morgan fingerprint density at radius 3 is 1.27 bits per heavy atom. The van der Waals surface area contributed by atoms with Crippen molar-refractivity contribution < 1.29 is 4.48 Å². The molecule has 2 heteroatoms. The molecule has 3 aromatic carbocycles. The monoisotopic (exact) mass is 540 g/mol. The molecule has 0 aliphatic rings. The Hall–Kier alpha value is -2.32. The Kier molecular flexibility index (Phi) is 17.4. The summed E-state index contributed by atoms with van der Waals surface area (Å²) in [7, 11) is 0. The van der Waals surface area contributed by atoms with Gasteiger partial charge in [-0.1, -0.05) is 172 Å². The van der Waals surface area contributed by atoms with Crippen LogP contribution in [-0.4, -0.2) is 37.4 Å². The highest BCUT2D eigenvalue weighted by atomic mass is 15.3. The molecule has 0 spiro atoms. The summed E-state index contributed by atoms with van der Waals surface area (Å²) in [4.78, 5) is 0. The maximum Gasteiger partial charge on any atom is 0.241 e. The minimum Gasteiger partial charge on any atom is -0.325 e. The molecule has 0 saturated carbocycles. The molecule has 0 heterocycles. The van der Waals surface area contributed by atoms with Gasteiger partial charge in [-0.15, -0.1) is 0 Å². The van der Waals surface area contributed by atoms with Gasteiger partial charge >= 0.3 is 0 Å². The summed E-state index contributed by atoms with van der Waals surface area (Å²) < 4.78 is 1.28. The van der Waals surface area contributed by atoms with E-state index in [1.54, 1.807) is 0 Å². The first-order valence-electron chi connectivity index (χ1n) is 16.7. The van der Waals surface area contributed by atoms with Crippen LogP contribution in [0.2, 0.25) is 0 Å². The van der Waals surface area contributed by atoms with E-state index in [2.05, 4.69) is 120 Å². The van der Waals surface area contributed by atoms with Crippen LogP contribution in [0.25, 0.3) is 0 Å². The van der Waals surface area contributed by atoms with E-state index in [0.717, 1.165) is 0 Å². The largest absolute Gasteiger partial charge is 0.325 e. The molecule has 0 saturated heterocycles. The zero-order valence-corrected chi connectivity index (χ0v) is 26.7. The normalized spacial score (nSPS) is 11.1. The summed E-state index contributed by atoms with van der Waals surface area (Å²) in [6.45, 7) is 16.8. The average molecular weight is 541 g/mol. The van der Waals surface area contributed by atoms with Gasteiger partial charge in [0.1, 0.15) is 0 Å². The summed E-state index contributed by atoms with van der Waals surface area (Å²) in [6, 6.07) is 31.1. The SMILES string of the molecule is CCCCCCCCCCCCc1ccccc1B(c1ccccc1)c1ccccc1.CC[N+](CC)(CC)CC. The van der Waals surface area contributed by atoms with Crippen LogP contribution in [-0.2, 0) is 6.42 Å². The lowest BCUT2D eigenvalue weighted by Gasteiger charge is -2.34. The van der Waals surface area contributed by atoms with E-state index in [4.69, 9.17) is 0 Å². The number of rotatable bonds is 18. The number of hydrogen-bond donors (Lipinski definition) is 0. The van der Waals surface area contributed by atoms with E-state index >= 15 is 0 Å². The highest BCUT2D eigenvalue weighted by Gasteiger charge is 2.23. The predicted octanol–water partition coefficient (Wildman–Crippen LogP) is 8.55. The maximum absolute atomic E-state index is 2.35. The Morgan fingerprint density at radius 2 is 0.850 bits per heavy atom. The van der Waals surface area contributed by atoms with Crippen molar-refractivity contribution in [3.05, 3.63) is 90.5 Å². The van der Waals surface area contributed by atoms with E-state index in [9.17, 15) is 0 Å². The molecule has 218 valence electrons. The van der Waals surface area contributed by atoms with Crippen molar-refractivity contribution in [1.82, 2.24) is 0 Å². The Balaban J connectivity index is 0.000000536. The smallest absolute Gasteiger partial charge is 0.241 e. The van der Waals surface area contributed by atoms with Gasteiger partial charge in [0, 0.05) is 0 Å². The maximum atomic E-state index is 2.35. The predicted molar refractivity (Wildman–Crippen MR) is 182 cm³/mol. The van der Waals surface area contributed by atoms with Gasteiger partial charge < -0.3 is 4.48 Å². The Morgan fingerprint density at radius 1 is 0.450 bits per heavy atom. The van der Waals surface area contributed by atoms with Gasteiger partial charge in [-0.3, -0.25) is 0 Å². The van der Waals surface area contributed by atoms with Gasteiger partial charge in [0.05, 0.1) is 26.2 Å². The first-order valence-corrected chi connectivity index (χ1v) is 16.7. The highest BCUT2D eigenvalue weighted by Crippen LogP contribution is 2.12. The molecule has 1 nitrogen and oxygen atoms in total. The average Bonchev–Trinajstić information content (AvgIpc) is 3.02. The van der Waals surface area contributed by atoms with Crippen LogP contribution in [0.4, 0.5) is 0 Å². The second kappa shape index (κ2) is 20.5. The van der Waals surface area contributed by atoms with E-state index in [-0.39, 0.29) is 0 Å². The van der Waals surface area contributed by atoms with E-state index in [1.165, 1.54) is 123 Å². The molecule has 0 aromatic heterocycles. The summed E-state index contributed by atoms with van der Waals surface area (Å²) in [5.74, 6) is 0. The minimum atomic E-state index is 0.307. The van der Waals surface area contributed by atoms with Crippen LogP contribution >= 0.6 is 0 Å². The topological polar surface area (TPSA) is 0 Å². The van der Waals surface area contributed by atoms with Crippen LogP contribution in [0, 0.1) is 0 Å². The molecule has 0 aliphatic carbocycles. The van der Waals surface area contributed by atoms with Gasteiger partial charge in [0.2, 0.25) is 6.71 Å². The molecule has 3 rings (SSSR count). The van der Waals surface area contributed by atoms with Gasteiger partial charge in [-0.25, -0.2) is 0 Å². The van der Waals surface area contributed by atoms with E-state index in [0.29, 0.717) is 6.71 Å². The molecule has 0 amide bonds. The van der Waals surface area contributed by atoms with E-state index in [1.807, 2.05) is 0 Å². The number of unbranched alkanes of at least 4 members (excludes halogenated alkanes) is 9. The highest BCUT2D eigenvalue weighted by molar-refractivity contribution is 6.95. The summed E-state index contributed by atoms with van der Waals surface area (Å²) in [6.07, 6.45) is 15.1. The summed E-state index contributed by atoms with van der Waals surface area (Å²) in [5, 5.41) is 0. The number of nitrogens with zero attached hydrogens (tertiary/aromatic N) is 1. The fourth-order valence-electron chi connectivity index (χ4n) is 6.03. The van der Waals surface area contributed by atoms with Gasteiger partial charge in [0.25, 0.3) is 0 Å². The van der Waals surface area contributed by atoms with Gasteiger partial charge in [-0.05, 0) is 40.5 Å². The molecule has 0 radical (unpaired) electrons.